The Bertz CT molecular complexity index is 1670. The maximum atomic E-state index is 13.4. The summed E-state index contributed by atoms with van der Waals surface area (Å²) in [6.45, 7) is 9.35. The molecule has 2 fully saturated rings. The molecule has 2 saturated heterocycles. The fourth-order valence-electron chi connectivity index (χ4n) is 5.57. The number of carbonyl (C=O) groups excluding carboxylic acids is 2. The number of thioether (sulfide) groups is 1. The number of urea groups is 1. The largest absolute Gasteiger partial charge is 0.444 e. The standard InChI is InChI=1S/C31H33N7O4S/c1-19-23-13-22(8-9-24(23)34-18-33-19)26-25(21-7-5-6-20(12-21)14-32)35-27(43-26)36-28(39)37-15-31(16-37)17-41-11-10-38(31)29(40)42-30(2,3)4/h5-9,12-13,18,27,35H,10-11,15-17H2,1-4H3,(H,36,39). The van der Waals surface area contributed by atoms with Gasteiger partial charge in [0.2, 0.25) is 0 Å². The molecular weight excluding hydrogens is 566 g/mol. The third-order valence-corrected chi connectivity index (χ3v) is 8.79. The molecule has 43 heavy (non-hydrogen) atoms. The number of nitrogens with one attached hydrogen (secondary N) is 2. The van der Waals surface area contributed by atoms with Crippen LogP contribution >= 0.6 is 11.8 Å². The van der Waals surface area contributed by atoms with Gasteiger partial charge >= 0.3 is 12.1 Å². The minimum absolute atomic E-state index is 0.250. The smallest absolute Gasteiger partial charge is 0.411 e. The Kier molecular flexibility index (Phi) is 7.40. The van der Waals surface area contributed by atoms with Gasteiger partial charge in [0.25, 0.3) is 0 Å². The molecule has 3 aliphatic rings. The number of ether oxygens (including phenoxy) is 2. The molecule has 1 spiro atoms. The Hall–Kier alpha value is -4.34. The minimum atomic E-state index is -0.616. The van der Waals surface area contributed by atoms with Crippen molar-refractivity contribution in [1.82, 2.24) is 30.4 Å². The molecule has 2 N–H and O–H groups in total. The lowest BCUT2D eigenvalue weighted by molar-refractivity contribution is -0.123. The monoisotopic (exact) mass is 599 g/mol. The highest BCUT2D eigenvalue weighted by Crippen LogP contribution is 2.42. The van der Waals surface area contributed by atoms with E-state index < -0.39 is 22.7 Å². The molecule has 12 heteroatoms. The molecule has 0 aliphatic carbocycles. The lowest BCUT2D eigenvalue weighted by Crippen LogP contribution is -2.77. The van der Waals surface area contributed by atoms with Crippen LogP contribution in [0.3, 0.4) is 0 Å². The number of morpholine rings is 1. The van der Waals surface area contributed by atoms with Crippen molar-refractivity contribution >= 4 is 45.4 Å². The number of aromatic nitrogens is 2. The van der Waals surface area contributed by atoms with Crippen LogP contribution in [-0.4, -0.2) is 81.4 Å². The highest BCUT2D eigenvalue weighted by Gasteiger charge is 2.54. The molecule has 0 bridgehead atoms. The predicted molar refractivity (Wildman–Crippen MR) is 163 cm³/mol. The summed E-state index contributed by atoms with van der Waals surface area (Å²) in [7, 11) is 0. The SMILES string of the molecule is Cc1ncnc2ccc(C3=C(c4cccc(C#N)c4)NC(NC(=O)N4CC5(COCCN5C(=O)OC(C)(C)C)C4)S3)cc12. The topological polar surface area (TPSA) is 133 Å². The summed E-state index contributed by atoms with van der Waals surface area (Å²) in [5.41, 5.74) is 3.19. The van der Waals surface area contributed by atoms with E-state index in [9.17, 15) is 14.9 Å². The maximum absolute atomic E-state index is 13.4. The summed E-state index contributed by atoms with van der Waals surface area (Å²) in [5, 5.41) is 17.0. The van der Waals surface area contributed by atoms with E-state index in [4.69, 9.17) is 9.47 Å². The van der Waals surface area contributed by atoms with Crippen molar-refractivity contribution in [2.24, 2.45) is 0 Å². The molecule has 2 aromatic carbocycles. The average Bonchev–Trinajstić information content (AvgIpc) is 3.38. The third kappa shape index (κ3) is 5.70. The number of likely N-dealkylation sites (tertiary alicyclic amines) is 1. The molecule has 0 radical (unpaired) electrons. The van der Waals surface area contributed by atoms with Crippen LogP contribution in [0.1, 0.15) is 43.2 Å². The fourth-order valence-corrected chi connectivity index (χ4v) is 6.70. The molecule has 1 atom stereocenters. The number of amides is 3. The van der Waals surface area contributed by atoms with E-state index in [1.54, 1.807) is 22.2 Å². The van der Waals surface area contributed by atoms with E-state index in [1.165, 1.54) is 11.8 Å². The molecule has 222 valence electrons. The summed E-state index contributed by atoms with van der Waals surface area (Å²) < 4.78 is 11.4. The molecule has 1 unspecified atom stereocenters. The zero-order valence-corrected chi connectivity index (χ0v) is 25.3. The lowest BCUT2D eigenvalue weighted by Gasteiger charge is -2.56. The van der Waals surface area contributed by atoms with Gasteiger partial charge in [-0.3, -0.25) is 4.90 Å². The Labute approximate surface area is 254 Å². The van der Waals surface area contributed by atoms with E-state index in [2.05, 4.69) is 32.7 Å². The van der Waals surface area contributed by atoms with Crippen LogP contribution in [0.15, 0.2) is 48.8 Å². The van der Waals surface area contributed by atoms with Gasteiger partial charge in [0.1, 0.15) is 17.5 Å². The van der Waals surface area contributed by atoms with Crippen LogP contribution in [0, 0.1) is 18.3 Å². The van der Waals surface area contributed by atoms with Gasteiger partial charge in [-0.1, -0.05) is 30.0 Å². The quantitative estimate of drug-likeness (QED) is 0.452. The zero-order chi connectivity index (χ0) is 30.4. The van der Waals surface area contributed by atoms with Crippen molar-refractivity contribution in [3.05, 3.63) is 71.2 Å². The molecule has 0 saturated carbocycles. The normalized spacial score (nSPS) is 19.6. The van der Waals surface area contributed by atoms with Crippen LogP contribution in [0.5, 0.6) is 0 Å². The lowest BCUT2D eigenvalue weighted by atomic mass is 9.88. The predicted octanol–water partition coefficient (Wildman–Crippen LogP) is 4.29. The molecule has 3 aromatic rings. The molecular formula is C31H33N7O4S. The number of nitrogens with zero attached hydrogens (tertiary/aromatic N) is 5. The zero-order valence-electron chi connectivity index (χ0n) is 24.5. The second-order valence-corrected chi connectivity index (χ2v) is 13.1. The van der Waals surface area contributed by atoms with E-state index in [0.29, 0.717) is 38.4 Å². The number of rotatable bonds is 3. The number of hydrogen-bond donors (Lipinski definition) is 2. The first kappa shape index (κ1) is 28.8. The summed E-state index contributed by atoms with van der Waals surface area (Å²) in [4.78, 5) is 39.4. The van der Waals surface area contributed by atoms with Crippen LogP contribution in [0.2, 0.25) is 0 Å². The molecule has 4 heterocycles. The molecule has 3 aliphatic heterocycles. The van der Waals surface area contributed by atoms with Crippen molar-refractivity contribution in [2.75, 3.05) is 32.8 Å². The second-order valence-electron chi connectivity index (χ2n) is 11.9. The van der Waals surface area contributed by atoms with Crippen LogP contribution < -0.4 is 10.6 Å². The van der Waals surface area contributed by atoms with Crippen LogP contribution in [0.4, 0.5) is 9.59 Å². The van der Waals surface area contributed by atoms with Crippen molar-refractivity contribution in [1.29, 1.82) is 5.26 Å². The Morgan fingerprint density at radius 3 is 2.77 bits per heavy atom. The fraction of sp³-hybridized carbons (Fsp3) is 0.387. The highest BCUT2D eigenvalue weighted by molar-refractivity contribution is 8.09. The van der Waals surface area contributed by atoms with Crippen LogP contribution in [-0.2, 0) is 9.47 Å². The first-order valence-corrected chi connectivity index (χ1v) is 15.0. The Balaban J connectivity index is 1.20. The van der Waals surface area contributed by atoms with E-state index in [-0.39, 0.29) is 6.03 Å². The summed E-state index contributed by atoms with van der Waals surface area (Å²) in [6, 6.07) is 15.4. The van der Waals surface area contributed by atoms with Crippen LogP contribution in [0.25, 0.3) is 21.5 Å². The number of benzene rings is 2. The average molecular weight is 600 g/mol. The summed E-state index contributed by atoms with van der Waals surface area (Å²) >= 11 is 1.49. The Morgan fingerprint density at radius 1 is 1.19 bits per heavy atom. The van der Waals surface area contributed by atoms with Gasteiger partial charge in [-0.15, -0.1) is 0 Å². The van der Waals surface area contributed by atoms with E-state index in [1.807, 2.05) is 58.0 Å². The minimum Gasteiger partial charge on any atom is -0.444 e. The van der Waals surface area contributed by atoms with Gasteiger partial charge in [-0.05, 0) is 57.5 Å². The second kappa shape index (κ2) is 11.1. The van der Waals surface area contributed by atoms with Crippen molar-refractivity contribution in [3.63, 3.8) is 0 Å². The number of nitriles is 1. The number of fused-ring (bicyclic) bond motifs is 1. The Morgan fingerprint density at radius 2 is 2.00 bits per heavy atom. The van der Waals surface area contributed by atoms with E-state index in [0.717, 1.165) is 38.3 Å². The highest BCUT2D eigenvalue weighted by atomic mass is 32.2. The number of hydrogen-bond acceptors (Lipinski definition) is 9. The number of aryl methyl sites for hydroxylation is 1. The van der Waals surface area contributed by atoms with Gasteiger partial charge in [-0.25, -0.2) is 19.6 Å². The van der Waals surface area contributed by atoms with Gasteiger partial charge in [0.05, 0.1) is 36.1 Å². The molecule has 6 rings (SSSR count). The third-order valence-electron chi connectivity index (χ3n) is 7.64. The first-order chi connectivity index (χ1) is 20.5. The van der Waals surface area contributed by atoms with Crippen molar-refractivity contribution in [2.45, 2.75) is 44.3 Å². The van der Waals surface area contributed by atoms with Crippen molar-refractivity contribution < 1.29 is 19.1 Å². The van der Waals surface area contributed by atoms with E-state index >= 15 is 0 Å². The summed E-state index contributed by atoms with van der Waals surface area (Å²) in [5.74, 6) is 0. The first-order valence-electron chi connectivity index (χ1n) is 14.1. The molecule has 3 amide bonds. The van der Waals surface area contributed by atoms with Gasteiger partial charge < -0.3 is 25.0 Å². The summed E-state index contributed by atoms with van der Waals surface area (Å²) in [6.07, 6.45) is 1.16. The van der Waals surface area contributed by atoms with Gasteiger partial charge in [0, 0.05) is 41.2 Å². The van der Waals surface area contributed by atoms with Gasteiger partial charge in [0.15, 0.2) is 5.50 Å². The van der Waals surface area contributed by atoms with Gasteiger partial charge in [-0.2, -0.15) is 5.26 Å². The maximum Gasteiger partial charge on any atom is 0.411 e. The number of carbonyl (C=O) groups is 2. The van der Waals surface area contributed by atoms with Crippen molar-refractivity contribution in [3.8, 4) is 6.07 Å². The molecule has 1 aromatic heterocycles. The molecule has 11 nitrogen and oxygen atoms in total.